The highest BCUT2D eigenvalue weighted by Gasteiger charge is 2.25. The molecule has 1 aliphatic rings. The number of nitrogens with zero attached hydrogens (tertiary/aromatic N) is 1. The molecule has 1 heterocycles. The molecule has 0 aromatic rings. The molecule has 0 amide bonds. The van der Waals surface area contributed by atoms with Gasteiger partial charge in [0.25, 0.3) is 0 Å². The smallest absolute Gasteiger partial charge is 0.0753 e. The minimum atomic E-state index is -0.680. The zero-order valence-corrected chi connectivity index (χ0v) is 9.50. The van der Waals surface area contributed by atoms with Crippen LogP contribution in [-0.4, -0.2) is 41.3 Å². The number of hydrogen-bond acceptors (Lipinski definition) is 3. The molecular formula is C11H24N2O. The van der Waals surface area contributed by atoms with E-state index in [2.05, 4.69) is 11.8 Å². The normalized spacial score (nSPS) is 27.9. The molecule has 1 aliphatic heterocycles. The number of hydrogen-bond donors (Lipinski definition) is 2. The molecule has 14 heavy (non-hydrogen) atoms. The van der Waals surface area contributed by atoms with Crippen molar-refractivity contribution in [1.29, 1.82) is 0 Å². The van der Waals surface area contributed by atoms with Crippen molar-refractivity contribution in [3.05, 3.63) is 0 Å². The summed E-state index contributed by atoms with van der Waals surface area (Å²) in [6, 6.07) is 0.739. The zero-order valence-electron chi connectivity index (χ0n) is 9.50. The minimum absolute atomic E-state index is 0.359. The standard InChI is InChI=1S/C11H24N2O/c1-3-10-5-4-7-13(10)8-6-11(2,14)9-12/h10,14H,3-9,12H2,1-2H3. The molecule has 1 fully saturated rings. The van der Waals surface area contributed by atoms with Crippen LogP contribution in [0.3, 0.4) is 0 Å². The highest BCUT2D eigenvalue weighted by Crippen LogP contribution is 2.21. The zero-order chi connectivity index (χ0) is 10.6. The summed E-state index contributed by atoms with van der Waals surface area (Å²) in [5.74, 6) is 0. The molecule has 3 heteroatoms. The van der Waals surface area contributed by atoms with Gasteiger partial charge in [-0.25, -0.2) is 0 Å². The summed E-state index contributed by atoms with van der Waals surface area (Å²) in [6.45, 7) is 6.60. The molecule has 2 unspecified atom stereocenters. The SMILES string of the molecule is CCC1CCCN1CCC(C)(O)CN. The topological polar surface area (TPSA) is 49.5 Å². The van der Waals surface area contributed by atoms with E-state index in [4.69, 9.17) is 5.73 Å². The fourth-order valence-corrected chi connectivity index (χ4v) is 2.14. The van der Waals surface area contributed by atoms with Gasteiger partial charge in [0.05, 0.1) is 5.60 Å². The highest BCUT2D eigenvalue weighted by atomic mass is 16.3. The van der Waals surface area contributed by atoms with Gasteiger partial charge < -0.3 is 15.7 Å². The molecule has 1 rings (SSSR count). The highest BCUT2D eigenvalue weighted by molar-refractivity contribution is 4.81. The summed E-state index contributed by atoms with van der Waals surface area (Å²) in [5.41, 5.74) is 4.81. The van der Waals surface area contributed by atoms with Crippen molar-refractivity contribution < 1.29 is 5.11 Å². The maximum Gasteiger partial charge on any atom is 0.0753 e. The molecule has 0 saturated carbocycles. The third-order valence-corrected chi connectivity index (χ3v) is 3.35. The summed E-state index contributed by atoms with van der Waals surface area (Å²) < 4.78 is 0. The molecule has 84 valence electrons. The molecule has 0 aliphatic carbocycles. The predicted molar refractivity (Wildman–Crippen MR) is 59.2 cm³/mol. The lowest BCUT2D eigenvalue weighted by Gasteiger charge is -2.28. The quantitative estimate of drug-likeness (QED) is 0.695. The van der Waals surface area contributed by atoms with E-state index >= 15 is 0 Å². The van der Waals surface area contributed by atoms with Crippen LogP contribution < -0.4 is 5.73 Å². The van der Waals surface area contributed by atoms with Crippen molar-refractivity contribution in [2.75, 3.05) is 19.6 Å². The molecule has 2 atom stereocenters. The molecular weight excluding hydrogens is 176 g/mol. The molecule has 0 spiro atoms. The van der Waals surface area contributed by atoms with E-state index in [0.29, 0.717) is 6.54 Å². The van der Waals surface area contributed by atoms with Gasteiger partial charge in [0, 0.05) is 19.1 Å². The first-order valence-corrected chi connectivity index (χ1v) is 5.75. The molecule has 0 aromatic heterocycles. The van der Waals surface area contributed by atoms with E-state index in [1.807, 2.05) is 6.92 Å². The van der Waals surface area contributed by atoms with Gasteiger partial charge in [-0.2, -0.15) is 0 Å². The Bertz CT molecular complexity index is 171. The Balaban J connectivity index is 2.30. The van der Waals surface area contributed by atoms with Crippen LogP contribution in [0.5, 0.6) is 0 Å². The van der Waals surface area contributed by atoms with Gasteiger partial charge in [-0.05, 0) is 39.2 Å². The number of nitrogens with two attached hydrogens (primary N) is 1. The molecule has 3 nitrogen and oxygen atoms in total. The minimum Gasteiger partial charge on any atom is -0.389 e. The summed E-state index contributed by atoms with van der Waals surface area (Å²) in [7, 11) is 0. The van der Waals surface area contributed by atoms with Crippen molar-refractivity contribution in [2.24, 2.45) is 5.73 Å². The Labute approximate surface area is 87.3 Å². The first kappa shape index (κ1) is 12.0. The number of likely N-dealkylation sites (tertiary alicyclic amines) is 1. The summed E-state index contributed by atoms with van der Waals surface area (Å²) in [6.07, 6.45) is 4.65. The van der Waals surface area contributed by atoms with Gasteiger partial charge in [-0.3, -0.25) is 0 Å². The monoisotopic (exact) mass is 200 g/mol. The van der Waals surface area contributed by atoms with Crippen molar-refractivity contribution in [3.8, 4) is 0 Å². The molecule has 3 N–H and O–H groups in total. The number of rotatable bonds is 5. The first-order valence-electron chi connectivity index (χ1n) is 5.75. The van der Waals surface area contributed by atoms with Crippen LogP contribution in [0.4, 0.5) is 0 Å². The maximum absolute atomic E-state index is 9.79. The van der Waals surface area contributed by atoms with Crippen LogP contribution in [-0.2, 0) is 0 Å². The van der Waals surface area contributed by atoms with Crippen molar-refractivity contribution in [1.82, 2.24) is 4.90 Å². The Kier molecular flexibility index (Phi) is 4.35. The molecule has 1 saturated heterocycles. The third-order valence-electron chi connectivity index (χ3n) is 3.35. The lowest BCUT2D eigenvalue weighted by Crippen LogP contribution is -2.39. The lowest BCUT2D eigenvalue weighted by molar-refractivity contribution is 0.0459. The van der Waals surface area contributed by atoms with Crippen LogP contribution in [0.1, 0.15) is 39.5 Å². The average molecular weight is 200 g/mol. The van der Waals surface area contributed by atoms with E-state index in [1.54, 1.807) is 0 Å². The van der Waals surface area contributed by atoms with Crippen molar-refractivity contribution >= 4 is 0 Å². The third kappa shape index (κ3) is 3.23. The summed E-state index contributed by atoms with van der Waals surface area (Å²) >= 11 is 0. The van der Waals surface area contributed by atoms with Crippen LogP contribution in [0.15, 0.2) is 0 Å². The largest absolute Gasteiger partial charge is 0.389 e. The summed E-state index contributed by atoms with van der Waals surface area (Å²) in [5, 5.41) is 9.79. The molecule has 0 aromatic carbocycles. The fourth-order valence-electron chi connectivity index (χ4n) is 2.14. The molecule has 0 bridgehead atoms. The Morgan fingerprint density at radius 1 is 1.57 bits per heavy atom. The van der Waals surface area contributed by atoms with Gasteiger partial charge >= 0.3 is 0 Å². The van der Waals surface area contributed by atoms with Gasteiger partial charge in [0.2, 0.25) is 0 Å². The van der Waals surface area contributed by atoms with E-state index < -0.39 is 5.60 Å². The second-order valence-electron chi connectivity index (χ2n) is 4.69. The van der Waals surface area contributed by atoms with Crippen molar-refractivity contribution in [3.63, 3.8) is 0 Å². The van der Waals surface area contributed by atoms with E-state index in [0.717, 1.165) is 19.0 Å². The average Bonchev–Trinajstić information content (AvgIpc) is 2.62. The van der Waals surface area contributed by atoms with Gasteiger partial charge in [-0.1, -0.05) is 6.92 Å². The Hall–Kier alpha value is -0.120. The second-order valence-corrected chi connectivity index (χ2v) is 4.69. The number of aliphatic hydroxyl groups is 1. The van der Waals surface area contributed by atoms with E-state index in [9.17, 15) is 5.11 Å². The van der Waals surface area contributed by atoms with Gasteiger partial charge in [-0.15, -0.1) is 0 Å². The van der Waals surface area contributed by atoms with Crippen molar-refractivity contribution in [2.45, 2.75) is 51.2 Å². The maximum atomic E-state index is 9.79. The van der Waals surface area contributed by atoms with Crippen LogP contribution in [0.25, 0.3) is 0 Å². The van der Waals surface area contributed by atoms with Gasteiger partial charge in [0.1, 0.15) is 0 Å². The fraction of sp³-hybridized carbons (Fsp3) is 1.00. The van der Waals surface area contributed by atoms with Gasteiger partial charge in [0.15, 0.2) is 0 Å². The predicted octanol–water partition coefficient (Wildman–Crippen LogP) is 0.961. The summed E-state index contributed by atoms with van der Waals surface area (Å²) in [4.78, 5) is 2.49. The second kappa shape index (κ2) is 5.10. The Morgan fingerprint density at radius 3 is 2.86 bits per heavy atom. The van der Waals surface area contributed by atoms with E-state index in [-0.39, 0.29) is 0 Å². The van der Waals surface area contributed by atoms with Crippen LogP contribution in [0.2, 0.25) is 0 Å². The first-order chi connectivity index (χ1) is 6.59. The van der Waals surface area contributed by atoms with Crippen LogP contribution in [0, 0.1) is 0 Å². The van der Waals surface area contributed by atoms with E-state index in [1.165, 1.54) is 25.8 Å². The Morgan fingerprint density at radius 2 is 2.29 bits per heavy atom. The molecule has 0 radical (unpaired) electrons. The lowest BCUT2D eigenvalue weighted by atomic mass is 10.0. The van der Waals surface area contributed by atoms with Crippen LogP contribution >= 0.6 is 0 Å².